The molecule has 0 radical (unpaired) electrons. The minimum absolute atomic E-state index is 0.440. The molecule has 0 unspecified atom stereocenters. The quantitative estimate of drug-likeness (QED) is 0.737. The van der Waals surface area contributed by atoms with Gasteiger partial charge in [-0.15, -0.1) is 0 Å². The van der Waals surface area contributed by atoms with Crippen LogP contribution in [0.4, 0.5) is 10.8 Å². The van der Waals surface area contributed by atoms with Crippen molar-refractivity contribution >= 4 is 48.3 Å². The maximum absolute atomic E-state index is 8.65. The van der Waals surface area contributed by atoms with E-state index in [1.54, 1.807) is 11.3 Å². The van der Waals surface area contributed by atoms with Gasteiger partial charge in [-0.05, 0) is 35.9 Å². The van der Waals surface area contributed by atoms with Crippen molar-refractivity contribution in [1.29, 1.82) is 5.26 Å². The van der Waals surface area contributed by atoms with E-state index >= 15 is 0 Å². The fourth-order valence-corrected chi connectivity index (χ4v) is 3.31. The highest BCUT2D eigenvalue weighted by Crippen LogP contribution is 2.30. The zero-order valence-corrected chi connectivity index (χ0v) is 12.8. The highest BCUT2D eigenvalue weighted by Gasteiger charge is 2.04. The Kier molecular flexibility index (Phi) is 3.68. The Bertz CT molecular complexity index is 787. The molecule has 3 aromatic rings. The number of hydrogen-bond donors (Lipinski definition) is 1. The Morgan fingerprint density at radius 3 is 2.75 bits per heavy atom. The Hall–Kier alpha value is -1.90. The van der Waals surface area contributed by atoms with Gasteiger partial charge in [0.05, 0.1) is 22.7 Å². The highest BCUT2D eigenvalue weighted by atomic mass is 79.9. The third kappa shape index (κ3) is 2.82. The fourth-order valence-electron chi connectivity index (χ4n) is 1.87. The summed E-state index contributed by atoms with van der Waals surface area (Å²) in [6.45, 7) is 0. The van der Waals surface area contributed by atoms with Crippen molar-refractivity contribution in [1.82, 2.24) is 4.98 Å². The number of fused-ring (bicyclic) bond motifs is 1. The van der Waals surface area contributed by atoms with E-state index in [0.29, 0.717) is 6.42 Å². The van der Waals surface area contributed by atoms with Crippen molar-refractivity contribution in [2.45, 2.75) is 6.42 Å². The largest absolute Gasteiger partial charge is 0.332 e. The van der Waals surface area contributed by atoms with Crippen LogP contribution in [0.15, 0.2) is 46.9 Å². The Balaban J connectivity index is 1.83. The van der Waals surface area contributed by atoms with Gasteiger partial charge in [0.1, 0.15) is 0 Å². The van der Waals surface area contributed by atoms with Gasteiger partial charge in [-0.25, -0.2) is 4.98 Å². The Labute approximate surface area is 129 Å². The molecule has 20 heavy (non-hydrogen) atoms. The molecule has 3 rings (SSSR count). The van der Waals surface area contributed by atoms with Crippen molar-refractivity contribution in [3.63, 3.8) is 0 Å². The molecule has 5 heteroatoms. The van der Waals surface area contributed by atoms with Crippen LogP contribution >= 0.6 is 27.3 Å². The maximum Gasteiger partial charge on any atom is 0.188 e. The minimum Gasteiger partial charge on any atom is -0.332 e. The van der Waals surface area contributed by atoms with Gasteiger partial charge in [-0.1, -0.05) is 39.4 Å². The van der Waals surface area contributed by atoms with Crippen molar-refractivity contribution in [2.75, 3.05) is 5.32 Å². The van der Waals surface area contributed by atoms with E-state index in [9.17, 15) is 0 Å². The lowest BCUT2D eigenvalue weighted by Gasteiger charge is -2.02. The molecular formula is C15H10BrN3S. The Morgan fingerprint density at radius 2 is 2.00 bits per heavy atom. The second-order valence-corrected chi connectivity index (χ2v) is 6.23. The number of nitriles is 1. The lowest BCUT2D eigenvalue weighted by Crippen LogP contribution is -1.89. The van der Waals surface area contributed by atoms with Gasteiger partial charge in [-0.3, -0.25) is 0 Å². The number of rotatable bonds is 3. The summed E-state index contributed by atoms with van der Waals surface area (Å²) in [5.41, 5.74) is 2.98. The van der Waals surface area contributed by atoms with Crippen LogP contribution in [0, 0.1) is 11.3 Å². The SMILES string of the molecule is N#CCc1ccc(Nc2nc3ccc(Br)cc3s2)cc1. The molecule has 0 fully saturated rings. The summed E-state index contributed by atoms with van der Waals surface area (Å²) in [4.78, 5) is 4.54. The Morgan fingerprint density at radius 1 is 1.20 bits per heavy atom. The molecule has 0 aliphatic carbocycles. The number of benzene rings is 2. The van der Waals surface area contributed by atoms with E-state index in [1.807, 2.05) is 36.4 Å². The number of nitrogens with one attached hydrogen (secondary N) is 1. The predicted molar refractivity (Wildman–Crippen MR) is 86.4 cm³/mol. The number of nitrogens with zero attached hydrogens (tertiary/aromatic N) is 2. The van der Waals surface area contributed by atoms with E-state index in [1.165, 1.54) is 0 Å². The van der Waals surface area contributed by atoms with Crippen LogP contribution in [0.5, 0.6) is 0 Å². The smallest absolute Gasteiger partial charge is 0.188 e. The van der Waals surface area contributed by atoms with E-state index in [2.05, 4.69) is 38.4 Å². The molecule has 0 saturated carbocycles. The minimum atomic E-state index is 0.440. The summed E-state index contributed by atoms with van der Waals surface area (Å²) < 4.78 is 2.20. The summed E-state index contributed by atoms with van der Waals surface area (Å²) in [5, 5.41) is 12.8. The van der Waals surface area contributed by atoms with Gasteiger partial charge in [-0.2, -0.15) is 5.26 Å². The number of halogens is 1. The van der Waals surface area contributed by atoms with Crippen LogP contribution < -0.4 is 5.32 Å². The molecule has 0 saturated heterocycles. The van der Waals surface area contributed by atoms with Crippen molar-refractivity contribution < 1.29 is 0 Å². The fraction of sp³-hybridized carbons (Fsp3) is 0.0667. The molecule has 1 N–H and O–H groups in total. The van der Waals surface area contributed by atoms with E-state index in [4.69, 9.17) is 5.26 Å². The topological polar surface area (TPSA) is 48.7 Å². The van der Waals surface area contributed by atoms with E-state index in [0.717, 1.165) is 31.1 Å². The number of hydrogen-bond acceptors (Lipinski definition) is 4. The van der Waals surface area contributed by atoms with Crippen LogP contribution in [0.25, 0.3) is 10.2 Å². The van der Waals surface area contributed by atoms with Crippen molar-refractivity contribution in [3.05, 3.63) is 52.5 Å². The molecule has 0 aliphatic heterocycles. The summed E-state index contributed by atoms with van der Waals surface area (Å²) in [5.74, 6) is 0. The standard InChI is InChI=1S/C15H10BrN3S/c16-11-3-6-13-14(9-11)20-15(19-13)18-12-4-1-10(2-5-12)7-8-17/h1-6,9H,7H2,(H,18,19). The molecule has 0 bridgehead atoms. The highest BCUT2D eigenvalue weighted by molar-refractivity contribution is 9.10. The van der Waals surface area contributed by atoms with Gasteiger partial charge in [0.15, 0.2) is 5.13 Å². The van der Waals surface area contributed by atoms with E-state index in [-0.39, 0.29) is 0 Å². The first-order valence-corrected chi connectivity index (χ1v) is 7.64. The molecule has 0 spiro atoms. The molecular weight excluding hydrogens is 334 g/mol. The first kappa shape index (κ1) is 13.1. The summed E-state index contributed by atoms with van der Waals surface area (Å²) in [6.07, 6.45) is 0.440. The van der Waals surface area contributed by atoms with Gasteiger partial charge in [0.2, 0.25) is 0 Å². The van der Waals surface area contributed by atoms with Gasteiger partial charge >= 0.3 is 0 Å². The van der Waals surface area contributed by atoms with Crippen molar-refractivity contribution in [2.24, 2.45) is 0 Å². The predicted octanol–water partition coefficient (Wildman–Crippen LogP) is 4.87. The third-order valence-electron chi connectivity index (χ3n) is 2.84. The number of aromatic nitrogens is 1. The molecule has 1 heterocycles. The summed E-state index contributed by atoms with van der Waals surface area (Å²) in [6, 6.07) is 16.0. The molecule has 0 amide bonds. The van der Waals surface area contributed by atoms with Crippen LogP contribution in [-0.2, 0) is 6.42 Å². The van der Waals surface area contributed by atoms with Crippen LogP contribution in [0.2, 0.25) is 0 Å². The zero-order chi connectivity index (χ0) is 13.9. The summed E-state index contributed by atoms with van der Waals surface area (Å²) in [7, 11) is 0. The number of anilines is 2. The second kappa shape index (κ2) is 5.61. The maximum atomic E-state index is 8.65. The zero-order valence-electron chi connectivity index (χ0n) is 10.4. The monoisotopic (exact) mass is 343 g/mol. The average molecular weight is 344 g/mol. The lowest BCUT2D eigenvalue weighted by atomic mass is 10.1. The molecule has 1 aromatic heterocycles. The van der Waals surface area contributed by atoms with Gasteiger partial charge in [0.25, 0.3) is 0 Å². The van der Waals surface area contributed by atoms with Crippen LogP contribution in [0.3, 0.4) is 0 Å². The first-order chi connectivity index (χ1) is 9.74. The van der Waals surface area contributed by atoms with Gasteiger partial charge in [0, 0.05) is 10.2 Å². The molecule has 98 valence electrons. The molecule has 0 aliphatic rings. The summed E-state index contributed by atoms with van der Waals surface area (Å²) >= 11 is 5.08. The average Bonchev–Trinajstić information content (AvgIpc) is 2.82. The first-order valence-electron chi connectivity index (χ1n) is 6.03. The normalized spacial score (nSPS) is 10.4. The molecule has 3 nitrogen and oxygen atoms in total. The van der Waals surface area contributed by atoms with Crippen LogP contribution in [-0.4, -0.2) is 4.98 Å². The second-order valence-electron chi connectivity index (χ2n) is 4.29. The molecule has 2 aromatic carbocycles. The van der Waals surface area contributed by atoms with Crippen LogP contribution in [0.1, 0.15) is 5.56 Å². The van der Waals surface area contributed by atoms with Gasteiger partial charge < -0.3 is 5.32 Å². The molecule has 0 atom stereocenters. The van der Waals surface area contributed by atoms with E-state index < -0.39 is 0 Å². The lowest BCUT2D eigenvalue weighted by molar-refractivity contribution is 1.26. The number of thiazole rings is 1. The third-order valence-corrected chi connectivity index (χ3v) is 4.27. The van der Waals surface area contributed by atoms with Crippen molar-refractivity contribution in [3.8, 4) is 6.07 Å².